The van der Waals surface area contributed by atoms with E-state index in [1.807, 2.05) is 23.1 Å². The molecule has 2 heterocycles. The zero-order chi connectivity index (χ0) is 20.6. The first-order valence-corrected chi connectivity index (χ1v) is 11.5. The second kappa shape index (κ2) is 10.7. The van der Waals surface area contributed by atoms with Crippen LogP contribution in [0.4, 0.5) is 0 Å². The van der Waals surface area contributed by atoms with Crippen LogP contribution in [0.15, 0.2) is 34.9 Å². The molecule has 1 amide bonds. The Balaban J connectivity index is 1.21. The lowest BCUT2D eigenvalue weighted by Crippen LogP contribution is -2.39. The molecule has 0 bridgehead atoms. The summed E-state index contributed by atoms with van der Waals surface area (Å²) in [6.45, 7) is 2.71. The molecule has 30 heavy (non-hydrogen) atoms. The number of carbonyl (C=O) groups excluding carboxylic acids is 1. The quantitative estimate of drug-likeness (QED) is 0.568. The van der Waals surface area contributed by atoms with Gasteiger partial charge in [0.15, 0.2) is 5.82 Å². The first kappa shape index (κ1) is 21.0. The van der Waals surface area contributed by atoms with Crippen LogP contribution in [0.5, 0.6) is 0 Å². The highest BCUT2D eigenvalue weighted by Crippen LogP contribution is 2.30. The van der Waals surface area contributed by atoms with E-state index in [0.29, 0.717) is 50.2 Å². The number of piperidine rings is 1. The van der Waals surface area contributed by atoms with Crippen LogP contribution in [-0.4, -0.2) is 40.6 Å². The average molecular weight is 412 g/mol. The molecule has 1 aromatic heterocycles. The van der Waals surface area contributed by atoms with Gasteiger partial charge in [0.2, 0.25) is 11.8 Å². The maximum Gasteiger partial charge on any atom is 0.231 e. The van der Waals surface area contributed by atoms with E-state index >= 15 is 0 Å². The molecule has 2 aromatic rings. The first-order chi connectivity index (χ1) is 14.8. The molecule has 6 heteroatoms. The van der Waals surface area contributed by atoms with Crippen LogP contribution in [0.25, 0.3) is 0 Å². The monoisotopic (exact) mass is 411 g/mol. The van der Waals surface area contributed by atoms with Crippen molar-refractivity contribution in [3.63, 3.8) is 0 Å². The van der Waals surface area contributed by atoms with Crippen LogP contribution in [0.1, 0.15) is 74.6 Å². The van der Waals surface area contributed by atoms with E-state index in [0.717, 1.165) is 37.3 Å². The van der Waals surface area contributed by atoms with Crippen LogP contribution in [-0.2, 0) is 22.6 Å². The molecule has 1 aliphatic carbocycles. The van der Waals surface area contributed by atoms with Crippen molar-refractivity contribution in [3.05, 3.63) is 47.6 Å². The van der Waals surface area contributed by atoms with Crippen molar-refractivity contribution in [1.29, 1.82) is 0 Å². The SMILES string of the molecule is O=C(CCC1CCCC1)N1CCCC(c2nc(CCOCc3ccccc3)no2)C1. The van der Waals surface area contributed by atoms with Crippen molar-refractivity contribution < 1.29 is 14.1 Å². The summed E-state index contributed by atoms with van der Waals surface area (Å²) in [6.07, 6.45) is 9.64. The summed E-state index contributed by atoms with van der Waals surface area (Å²) in [6, 6.07) is 10.1. The zero-order valence-corrected chi connectivity index (χ0v) is 17.8. The number of carbonyl (C=O) groups is 1. The summed E-state index contributed by atoms with van der Waals surface area (Å²) in [7, 11) is 0. The third-order valence-corrected chi connectivity index (χ3v) is 6.43. The zero-order valence-electron chi connectivity index (χ0n) is 17.8. The molecule has 1 aliphatic heterocycles. The Morgan fingerprint density at radius 1 is 1.13 bits per heavy atom. The maximum atomic E-state index is 12.7. The summed E-state index contributed by atoms with van der Waals surface area (Å²) in [5, 5.41) is 4.12. The van der Waals surface area contributed by atoms with Crippen LogP contribution >= 0.6 is 0 Å². The molecule has 2 fully saturated rings. The van der Waals surface area contributed by atoms with Gasteiger partial charge in [-0.2, -0.15) is 4.98 Å². The molecule has 1 aromatic carbocycles. The van der Waals surface area contributed by atoms with Gasteiger partial charge in [-0.1, -0.05) is 61.2 Å². The van der Waals surface area contributed by atoms with Gasteiger partial charge in [0.05, 0.1) is 19.1 Å². The summed E-state index contributed by atoms with van der Waals surface area (Å²) >= 11 is 0. The second-order valence-electron chi connectivity index (χ2n) is 8.71. The smallest absolute Gasteiger partial charge is 0.231 e. The average Bonchev–Trinajstić information content (AvgIpc) is 3.48. The third-order valence-electron chi connectivity index (χ3n) is 6.43. The van der Waals surface area contributed by atoms with Crippen LogP contribution in [0, 0.1) is 5.92 Å². The Bertz CT molecular complexity index is 786. The summed E-state index contributed by atoms with van der Waals surface area (Å²) < 4.78 is 11.3. The van der Waals surface area contributed by atoms with E-state index in [9.17, 15) is 4.79 Å². The number of aromatic nitrogens is 2. The van der Waals surface area contributed by atoms with E-state index in [2.05, 4.69) is 22.3 Å². The highest BCUT2D eigenvalue weighted by Gasteiger charge is 2.29. The van der Waals surface area contributed by atoms with Gasteiger partial charge in [-0.3, -0.25) is 4.79 Å². The summed E-state index contributed by atoms with van der Waals surface area (Å²) in [4.78, 5) is 19.3. The number of rotatable bonds is 9. The van der Waals surface area contributed by atoms with E-state index < -0.39 is 0 Å². The second-order valence-corrected chi connectivity index (χ2v) is 8.71. The van der Waals surface area contributed by atoms with Crippen molar-refractivity contribution in [2.75, 3.05) is 19.7 Å². The third kappa shape index (κ3) is 5.91. The fraction of sp³-hybridized carbons (Fsp3) is 0.625. The number of amides is 1. The Morgan fingerprint density at radius 2 is 1.97 bits per heavy atom. The van der Waals surface area contributed by atoms with E-state index in [1.165, 1.54) is 25.7 Å². The predicted molar refractivity (Wildman–Crippen MR) is 114 cm³/mol. The lowest BCUT2D eigenvalue weighted by atomic mass is 9.96. The van der Waals surface area contributed by atoms with Gasteiger partial charge in [0, 0.05) is 25.9 Å². The molecule has 4 rings (SSSR count). The standard InChI is InChI=1S/C24H33N3O3/c28-23(13-12-19-7-4-5-8-19)27-15-6-11-21(17-27)24-25-22(26-30-24)14-16-29-18-20-9-2-1-3-10-20/h1-3,9-10,19,21H,4-8,11-18H2. The lowest BCUT2D eigenvalue weighted by Gasteiger charge is -2.31. The molecular formula is C24H33N3O3. The molecule has 0 spiro atoms. The molecule has 6 nitrogen and oxygen atoms in total. The topological polar surface area (TPSA) is 68.5 Å². The Morgan fingerprint density at radius 3 is 2.80 bits per heavy atom. The van der Waals surface area contributed by atoms with Crippen LogP contribution in [0.3, 0.4) is 0 Å². The highest BCUT2D eigenvalue weighted by atomic mass is 16.5. The van der Waals surface area contributed by atoms with Crippen molar-refractivity contribution >= 4 is 5.91 Å². The van der Waals surface area contributed by atoms with Crippen molar-refractivity contribution in [2.45, 2.75) is 70.3 Å². The van der Waals surface area contributed by atoms with Crippen LogP contribution in [0.2, 0.25) is 0 Å². The normalized spacial score (nSPS) is 20.0. The Kier molecular flexibility index (Phi) is 7.51. The van der Waals surface area contributed by atoms with E-state index in [1.54, 1.807) is 0 Å². The van der Waals surface area contributed by atoms with E-state index in [-0.39, 0.29) is 5.92 Å². The van der Waals surface area contributed by atoms with Crippen LogP contribution < -0.4 is 0 Å². The molecule has 1 saturated carbocycles. The minimum Gasteiger partial charge on any atom is -0.376 e. The number of likely N-dealkylation sites (tertiary alicyclic amines) is 1. The van der Waals surface area contributed by atoms with Gasteiger partial charge in [-0.15, -0.1) is 0 Å². The van der Waals surface area contributed by atoms with Crippen molar-refractivity contribution in [1.82, 2.24) is 15.0 Å². The molecule has 1 atom stereocenters. The van der Waals surface area contributed by atoms with Gasteiger partial charge in [0.1, 0.15) is 0 Å². The fourth-order valence-electron chi connectivity index (χ4n) is 4.65. The minimum absolute atomic E-state index is 0.153. The van der Waals surface area contributed by atoms with Gasteiger partial charge in [0.25, 0.3) is 0 Å². The lowest BCUT2D eigenvalue weighted by molar-refractivity contribution is -0.132. The van der Waals surface area contributed by atoms with E-state index in [4.69, 9.17) is 9.26 Å². The summed E-state index contributed by atoms with van der Waals surface area (Å²) in [5.74, 6) is 2.56. The molecule has 1 unspecified atom stereocenters. The number of benzene rings is 1. The fourth-order valence-corrected chi connectivity index (χ4v) is 4.65. The minimum atomic E-state index is 0.153. The van der Waals surface area contributed by atoms with Crippen molar-refractivity contribution in [2.24, 2.45) is 5.92 Å². The van der Waals surface area contributed by atoms with Crippen molar-refractivity contribution in [3.8, 4) is 0 Å². The number of hydrogen-bond donors (Lipinski definition) is 0. The molecule has 162 valence electrons. The maximum absolute atomic E-state index is 12.7. The number of hydrogen-bond acceptors (Lipinski definition) is 5. The van der Waals surface area contributed by atoms with Gasteiger partial charge in [-0.05, 0) is 30.7 Å². The molecule has 1 saturated heterocycles. The predicted octanol–water partition coefficient (Wildman–Crippen LogP) is 4.51. The molecule has 0 radical (unpaired) electrons. The molecular weight excluding hydrogens is 378 g/mol. The van der Waals surface area contributed by atoms with Gasteiger partial charge >= 0.3 is 0 Å². The Hall–Kier alpha value is -2.21. The Labute approximate surface area is 179 Å². The first-order valence-electron chi connectivity index (χ1n) is 11.5. The summed E-state index contributed by atoms with van der Waals surface area (Å²) in [5.41, 5.74) is 1.16. The van der Waals surface area contributed by atoms with Gasteiger partial charge < -0.3 is 14.2 Å². The number of nitrogens with zero attached hydrogens (tertiary/aromatic N) is 3. The molecule has 0 N–H and O–H groups in total. The highest BCUT2D eigenvalue weighted by molar-refractivity contribution is 5.76. The number of ether oxygens (including phenoxy) is 1. The van der Waals surface area contributed by atoms with Gasteiger partial charge in [-0.25, -0.2) is 0 Å². The molecule has 2 aliphatic rings. The largest absolute Gasteiger partial charge is 0.376 e.